The summed E-state index contributed by atoms with van der Waals surface area (Å²) in [7, 11) is 0. The molecule has 0 bridgehead atoms. The lowest BCUT2D eigenvalue weighted by atomic mass is 10.2. The standard InChI is InChI=1S/C9H9ClN4/c10-5-1-2-6-7(3-5)13-9(11)4-8(6)14-12/h1-4H,12H2,(H3,11,13,14). The summed E-state index contributed by atoms with van der Waals surface area (Å²) in [6.07, 6.45) is 0. The molecule has 0 aliphatic heterocycles. The maximum Gasteiger partial charge on any atom is 0.126 e. The predicted octanol–water partition coefficient (Wildman–Crippen LogP) is 1.76. The molecule has 1 aromatic carbocycles. The number of nitrogens with two attached hydrogens (primary N) is 2. The van der Waals surface area contributed by atoms with E-state index in [0.717, 1.165) is 16.6 Å². The van der Waals surface area contributed by atoms with Crippen molar-refractivity contribution in [3.63, 3.8) is 0 Å². The normalized spacial score (nSPS) is 10.4. The van der Waals surface area contributed by atoms with Crippen LogP contribution in [0.3, 0.4) is 0 Å². The minimum absolute atomic E-state index is 0.410. The Morgan fingerprint density at radius 1 is 1.29 bits per heavy atom. The Morgan fingerprint density at radius 3 is 2.79 bits per heavy atom. The van der Waals surface area contributed by atoms with Crippen molar-refractivity contribution >= 4 is 34.0 Å². The first-order chi connectivity index (χ1) is 6.70. The second-order valence-electron chi connectivity index (χ2n) is 2.90. The molecule has 0 atom stereocenters. The Morgan fingerprint density at radius 2 is 2.07 bits per heavy atom. The number of benzene rings is 1. The van der Waals surface area contributed by atoms with Gasteiger partial charge >= 0.3 is 0 Å². The molecule has 0 spiro atoms. The van der Waals surface area contributed by atoms with Crippen LogP contribution in [0, 0.1) is 0 Å². The van der Waals surface area contributed by atoms with Crippen LogP contribution in [0.15, 0.2) is 24.3 Å². The number of anilines is 2. The number of hydrogen-bond donors (Lipinski definition) is 3. The van der Waals surface area contributed by atoms with Gasteiger partial charge in [0.2, 0.25) is 0 Å². The molecule has 0 saturated carbocycles. The molecule has 1 heterocycles. The molecule has 72 valence electrons. The quantitative estimate of drug-likeness (QED) is 0.493. The van der Waals surface area contributed by atoms with E-state index in [0.29, 0.717) is 10.8 Å². The lowest BCUT2D eigenvalue weighted by molar-refractivity contribution is 1.34. The highest BCUT2D eigenvalue weighted by atomic mass is 35.5. The first kappa shape index (κ1) is 9.05. The molecule has 0 radical (unpaired) electrons. The number of aromatic nitrogens is 1. The van der Waals surface area contributed by atoms with Crippen molar-refractivity contribution in [3.05, 3.63) is 29.3 Å². The SMILES string of the molecule is NNc1cc(N)nc2cc(Cl)ccc12. The monoisotopic (exact) mass is 208 g/mol. The average Bonchev–Trinajstić information content (AvgIpc) is 2.15. The fraction of sp³-hybridized carbons (Fsp3) is 0. The molecule has 14 heavy (non-hydrogen) atoms. The van der Waals surface area contributed by atoms with E-state index >= 15 is 0 Å². The molecule has 1 aromatic heterocycles. The molecule has 0 amide bonds. The zero-order valence-electron chi connectivity index (χ0n) is 7.29. The van der Waals surface area contributed by atoms with Crippen LogP contribution in [-0.4, -0.2) is 4.98 Å². The fourth-order valence-corrected chi connectivity index (χ4v) is 1.51. The van der Waals surface area contributed by atoms with Crippen LogP contribution in [0.25, 0.3) is 10.9 Å². The molecule has 0 aliphatic carbocycles. The minimum Gasteiger partial charge on any atom is -0.384 e. The van der Waals surface area contributed by atoms with E-state index in [1.807, 2.05) is 6.07 Å². The molecular weight excluding hydrogens is 200 g/mol. The number of nitrogens with one attached hydrogen (secondary N) is 1. The largest absolute Gasteiger partial charge is 0.384 e. The second-order valence-corrected chi connectivity index (χ2v) is 3.34. The molecular formula is C9H9ClN4. The van der Waals surface area contributed by atoms with E-state index in [9.17, 15) is 0 Å². The van der Waals surface area contributed by atoms with Gasteiger partial charge in [0.1, 0.15) is 5.82 Å². The van der Waals surface area contributed by atoms with Crippen molar-refractivity contribution in [2.75, 3.05) is 11.2 Å². The third kappa shape index (κ3) is 1.45. The van der Waals surface area contributed by atoms with Gasteiger partial charge in [0.25, 0.3) is 0 Å². The average molecular weight is 209 g/mol. The van der Waals surface area contributed by atoms with Gasteiger partial charge < -0.3 is 11.2 Å². The number of nitrogens with zero attached hydrogens (tertiary/aromatic N) is 1. The highest BCUT2D eigenvalue weighted by Gasteiger charge is 2.03. The summed E-state index contributed by atoms with van der Waals surface area (Å²) in [6.45, 7) is 0. The summed E-state index contributed by atoms with van der Waals surface area (Å²) in [4.78, 5) is 4.14. The maximum atomic E-state index is 5.83. The summed E-state index contributed by atoms with van der Waals surface area (Å²) in [5.74, 6) is 5.77. The predicted molar refractivity (Wildman–Crippen MR) is 59.0 cm³/mol. The second kappa shape index (κ2) is 3.32. The Kier molecular flexibility index (Phi) is 2.15. The van der Waals surface area contributed by atoms with E-state index in [1.54, 1.807) is 18.2 Å². The topological polar surface area (TPSA) is 77.0 Å². The number of pyridine rings is 1. The number of hydrogen-bond acceptors (Lipinski definition) is 4. The molecule has 0 fully saturated rings. The Bertz CT molecular complexity index is 478. The summed E-state index contributed by atoms with van der Waals surface area (Å²) >= 11 is 5.83. The van der Waals surface area contributed by atoms with E-state index < -0.39 is 0 Å². The maximum absolute atomic E-state index is 5.83. The number of nitrogen functional groups attached to an aromatic ring is 2. The zero-order chi connectivity index (χ0) is 10.1. The lowest BCUT2D eigenvalue weighted by Gasteiger charge is -2.06. The number of rotatable bonds is 1. The van der Waals surface area contributed by atoms with Crippen LogP contribution in [0.1, 0.15) is 0 Å². The number of hydrazine groups is 1. The molecule has 2 rings (SSSR count). The van der Waals surface area contributed by atoms with Crippen LogP contribution in [-0.2, 0) is 0 Å². The van der Waals surface area contributed by atoms with E-state index in [4.69, 9.17) is 23.2 Å². The number of fused-ring (bicyclic) bond motifs is 1. The highest BCUT2D eigenvalue weighted by Crippen LogP contribution is 2.25. The van der Waals surface area contributed by atoms with Crippen LogP contribution in [0.4, 0.5) is 11.5 Å². The third-order valence-corrected chi connectivity index (χ3v) is 2.18. The lowest BCUT2D eigenvalue weighted by Crippen LogP contribution is -2.08. The van der Waals surface area contributed by atoms with E-state index in [-0.39, 0.29) is 0 Å². The summed E-state index contributed by atoms with van der Waals surface area (Å²) in [5.41, 5.74) is 9.63. The zero-order valence-corrected chi connectivity index (χ0v) is 8.05. The van der Waals surface area contributed by atoms with Crippen molar-refractivity contribution in [2.24, 2.45) is 5.84 Å². The van der Waals surface area contributed by atoms with Crippen molar-refractivity contribution in [1.82, 2.24) is 4.98 Å². The van der Waals surface area contributed by atoms with Crippen molar-refractivity contribution < 1.29 is 0 Å². The Balaban J connectivity index is 2.81. The Hall–Kier alpha value is -1.52. The molecule has 5 heteroatoms. The number of halogens is 1. The molecule has 4 nitrogen and oxygen atoms in total. The van der Waals surface area contributed by atoms with Gasteiger partial charge in [0.15, 0.2) is 0 Å². The van der Waals surface area contributed by atoms with Crippen molar-refractivity contribution in [2.45, 2.75) is 0 Å². The van der Waals surface area contributed by atoms with E-state index in [1.165, 1.54) is 0 Å². The van der Waals surface area contributed by atoms with Crippen LogP contribution in [0.5, 0.6) is 0 Å². The van der Waals surface area contributed by atoms with Crippen molar-refractivity contribution in [1.29, 1.82) is 0 Å². The first-order valence-corrected chi connectivity index (χ1v) is 4.41. The van der Waals surface area contributed by atoms with Gasteiger partial charge in [-0.1, -0.05) is 11.6 Å². The van der Waals surface area contributed by atoms with Gasteiger partial charge in [-0.25, -0.2) is 4.98 Å². The minimum atomic E-state index is 0.410. The van der Waals surface area contributed by atoms with Gasteiger partial charge in [-0.15, -0.1) is 0 Å². The molecule has 2 aromatic rings. The first-order valence-electron chi connectivity index (χ1n) is 4.03. The summed E-state index contributed by atoms with van der Waals surface area (Å²) < 4.78 is 0. The van der Waals surface area contributed by atoms with Gasteiger partial charge in [0, 0.05) is 16.5 Å². The third-order valence-electron chi connectivity index (χ3n) is 1.95. The van der Waals surface area contributed by atoms with Gasteiger partial charge in [-0.3, -0.25) is 5.84 Å². The molecule has 0 saturated heterocycles. The van der Waals surface area contributed by atoms with Crippen LogP contribution < -0.4 is 17.0 Å². The molecule has 5 N–H and O–H groups in total. The summed E-state index contributed by atoms with van der Waals surface area (Å²) in [6, 6.07) is 7.05. The summed E-state index contributed by atoms with van der Waals surface area (Å²) in [5, 5.41) is 1.52. The van der Waals surface area contributed by atoms with Crippen LogP contribution in [0.2, 0.25) is 5.02 Å². The van der Waals surface area contributed by atoms with E-state index in [2.05, 4.69) is 10.4 Å². The fourth-order valence-electron chi connectivity index (χ4n) is 1.34. The van der Waals surface area contributed by atoms with Gasteiger partial charge in [0.05, 0.1) is 11.2 Å². The Labute approximate surface area is 85.8 Å². The van der Waals surface area contributed by atoms with Crippen molar-refractivity contribution in [3.8, 4) is 0 Å². The molecule has 0 unspecified atom stereocenters. The highest BCUT2D eigenvalue weighted by molar-refractivity contribution is 6.31. The van der Waals surface area contributed by atoms with Gasteiger partial charge in [-0.2, -0.15) is 0 Å². The van der Waals surface area contributed by atoms with Crippen LogP contribution >= 0.6 is 11.6 Å². The molecule has 0 aliphatic rings. The van der Waals surface area contributed by atoms with Gasteiger partial charge in [-0.05, 0) is 18.2 Å². The smallest absolute Gasteiger partial charge is 0.126 e.